The summed E-state index contributed by atoms with van der Waals surface area (Å²) in [6.07, 6.45) is 2.31. The fraction of sp³-hybridized carbons (Fsp3) is 0.400. The highest BCUT2D eigenvalue weighted by Gasteiger charge is 2.15. The summed E-state index contributed by atoms with van der Waals surface area (Å²) in [5, 5.41) is 2.59. The molecule has 0 saturated heterocycles. The van der Waals surface area contributed by atoms with Crippen LogP contribution in [-0.4, -0.2) is 24.5 Å². The van der Waals surface area contributed by atoms with E-state index in [4.69, 9.17) is 5.73 Å². The zero-order chi connectivity index (χ0) is 10.4. The van der Waals surface area contributed by atoms with Gasteiger partial charge in [0.15, 0.2) is 0 Å². The third-order valence-corrected chi connectivity index (χ3v) is 2.08. The Morgan fingerprint density at radius 3 is 2.93 bits per heavy atom. The van der Waals surface area contributed by atoms with Crippen LogP contribution >= 0.6 is 0 Å². The first-order chi connectivity index (χ1) is 6.77. The Balaban J connectivity index is 2.62. The standard InChI is InChI=1S/C10H15N3O/c1-12-10(14)8(7-11)6-9-4-2-3-5-13-9/h2-5,8H,6-7,11H2,1H3,(H,12,14). The van der Waals surface area contributed by atoms with Crippen molar-refractivity contribution < 1.29 is 4.79 Å². The molecule has 0 radical (unpaired) electrons. The number of rotatable bonds is 4. The molecule has 0 aliphatic heterocycles. The van der Waals surface area contributed by atoms with Gasteiger partial charge in [-0.05, 0) is 12.1 Å². The van der Waals surface area contributed by atoms with Crippen LogP contribution in [0.1, 0.15) is 5.69 Å². The van der Waals surface area contributed by atoms with Gasteiger partial charge in [-0.15, -0.1) is 0 Å². The number of aromatic nitrogens is 1. The van der Waals surface area contributed by atoms with Gasteiger partial charge in [0.1, 0.15) is 0 Å². The molecule has 14 heavy (non-hydrogen) atoms. The highest BCUT2D eigenvalue weighted by atomic mass is 16.1. The van der Waals surface area contributed by atoms with Gasteiger partial charge in [-0.25, -0.2) is 0 Å². The van der Waals surface area contributed by atoms with Gasteiger partial charge in [0, 0.05) is 31.9 Å². The molecule has 1 aromatic rings. The van der Waals surface area contributed by atoms with Crippen molar-refractivity contribution in [1.29, 1.82) is 0 Å². The van der Waals surface area contributed by atoms with Crippen molar-refractivity contribution in [3.63, 3.8) is 0 Å². The monoisotopic (exact) mass is 193 g/mol. The molecule has 3 N–H and O–H groups in total. The third-order valence-electron chi connectivity index (χ3n) is 2.08. The molecule has 0 aliphatic rings. The van der Waals surface area contributed by atoms with Gasteiger partial charge < -0.3 is 11.1 Å². The van der Waals surface area contributed by atoms with Crippen molar-refractivity contribution >= 4 is 5.91 Å². The minimum atomic E-state index is -0.185. The van der Waals surface area contributed by atoms with Crippen LogP contribution in [0.3, 0.4) is 0 Å². The number of carbonyl (C=O) groups is 1. The highest BCUT2D eigenvalue weighted by Crippen LogP contribution is 2.04. The Morgan fingerprint density at radius 1 is 1.64 bits per heavy atom. The molecule has 0 fully saturated rings. The molecule has 1 atom stereocenters. The molecule has 1 amide bonds. The summed E-state index contributed by atoms with van der Waals surface area (Å²) in [5.74, 6) is -0.215. The summed E-state index contributed by atoms with van der Waals surface area (Å²) in [4.78, 5) is 15.5. The Labute approximate surface area is 83.5 Å². The van der Waals surface area contributed by atoms with E-state index in [1.165, 1.54) is 0 Å². The van der Waals surface area contributed by atoms with Gasteiger partial charge in [0.2, 0.25) is 5.91 Å². The molecule has 0 aliphatic carbocycles. The largest absolute Gasteiger partial charge is 0.359 e. The molecule has 1 unspecified atom stereocenters. The molecule has 4 nitrogen and oxygen atoms in total. The van der Waals surface area contributed by atoms with E-state index >= 15 is 0 Å². The Hall–Kier alpha value is -1.42. The van der Waals surface area contributed by atoms with E-state index in [2.05, 4.69) is 10.3 Å². The zero-order valence-corrected chi connectivity index (χ0v) is 8.23. The van der Waals surface area contributed by atoms with E-state index in [0.717, 1.165) is 5.69 Å². The number of nitrogens with one attached hydrogen (secondary N) is 1. The Bertz CT molecular complexity index is 287. The first-order valence-electron chi connectivity index (χ1n) is 4.59. The molecular formula is C10H15N3O. The van der Waals surface area contributed by atoms with E-state index in [0.29, 0.717) is 13.0 Å². The van der Waals surface area contributed by atoms with Crippen molar-refractivity contribution in [1.82, 2.24) is 10.3 Å². The van der Waals surface area contributed by atoms with Crippen molar-refractivity contribution in [2.45, 2.75) is 6.42 Å². The molecule has 0 saturated carbocycles. The Morgan fingerprint density at radius 2 is 2.43 bits per heavy atom. The predicted octanol–water partition coefficient (Wildman–Crippen LogP) is -0.0550. The van der Waals surface area contributed by atoms with Gasteiger partial charge in [0.25, 0.3) is 0 Å². The van der Waals surface area contributed by atoms with E-state index < -0.39 is 0 Å². The fourth-order valence-electron chi connectivity index (χ4n) is 1.26. The van der Waals surface area contributed by atoms with Gasteiger partial charge in [-0.3, -0.25) is 9.78 Å². The molecular weight excluding hydrogens is 178 g/mol. The summed E-state index contributed by atoms with van der Waals surface area (Å²) in [5.41, 5.74) is 6.40. The van der Waals surface area contributed by atoms with Crippen LogP contribution in [0.25, 0.3) is 0 Å². The van der Waals surface area contributed by atoms with Gasteiger partial charge in [-0.1, -0.05) is 6.07 Å². The van der Waals surface area contributed by atoms with E-state index in [-0.39, 0.29) is 11.8 Å². The summed E-state index contributed by atoms with van der Waals surface area (Å²) in [6.45, 7) is 0.343. The maximum absolute atomic E-state index is 11.3. The summed E-state index contributed by atoms with van der Waals surface area (Å²) >= 11 is 0. The average Bonchev–Trinajstić information content (AvgIpc) is 2.26. The summed E-state index contributed by atoms with van der Waals surface area (Å²) < 4.78 is 0. The van der Waals surface area contributed by atoms with Crippen molar-refractivity contribution in [2.24, 2.45) is 11.7 Å². The van der Waals surface area contributed by atoms with E-state index in [1.54, 1.807) is 13.2 Å². The normalized spacial score (nSPS) is 12.1. The zero-order valence-electron chi connectivity index (χ0n) is 8.23. The van der Waals surface area contributed by atoms with Crippen LogP contribution in [0, 0.1) is 5.92 Å². The quantitative estimate of drug-likeness (QED) is 0.704. The second-order valence-electron chi connectivity index (χ2n) is 3.07. The highest BCUT2D eigenvalue weighted by molar-refractivity contribution is 5.78. The number of carbonyl (C=O) groups excluding carboxylic acids is 1. The molecule has 0 aromatic carbocycles. The van der Waals surface area contributed by atoms with Crippen LogP contribution in [0.2, 0.25) is 0 Å². The molecule has 1 heterocycles. The molecule has 76 valence electrons. The average molecular weight is 193 g/mol. The molecule has 4 heteroatoms. The smallest absolute Gasteiger partial charge is 0.224 e. The van der Waals surface area contributed by atoms with Crippen LogP contribution < -0.4 is 11.1 Å². The fourth-order valence-corrected chi connectivity index (χ4v) is 1.26. The van der Waals surface area contributed by atoms with Crippen LogP contribution in [0.15, 0.2) is 24.4 Å². The minimum absolute atomic E-state index is 0.0295. The lowest BCUT2D eigenvalue weighted by Gasteiger charge is -2.11. The number of hydrogen-bond acceptors (Lipinski definition) is 3. The lowest BCUT2D eigenvalue weighted by Crippen LogP contribution is -2.34. The number of amides is 1. The minimum Gasteiger partial charge on any atom is -0.359 e. The SMILES string of the molecule is CNC(=O)C(CN)Cc1ccccn1. The first-order valence-corrected chi connectivity index (χ1v) is 4.59. The molecule has 1 rings (SSSR count). The van der Waals surface area contributed by atoms with E-state index in [9.17, 15) is 4.79 Å². The van der Waals surface area contributed by atoms with Crippen LogP contribution in [0.4, 0.5) is 0 Å². The van der Waals surface area contributed by atoms with E-state index in [1.807, 2.05) is 18.2 Å². The van der Waals surface area contributed by atoms with Crippen LogP contribution in [0.5, 0.6) is 0 Å². The maximum atomic E-state index is 11.3. The second kappa shape index (κ2) is 5.34. The lowest BCUT2D eigenvalue weighted by molar-refractivity contribution is -0.124. The summed E-state index contributed by atoms with van der Waals surface area (Å²) in [7, 11) is 1.61. The lowest BCUT2D eigenvalue weighted by atomic mass is 10.0. The number of hydrogen-bond donors (Lipinski definition) is 2. The number of nitrogens with zero attached hydrogens (tertiary/aromatic N) is 1. The molecule has 0 spiro atoms. The molecule has 1 aromatic heterocycles. The topological polar surface area (TPSA) is 68.0 Å². The molecule has 0 bridgehead atoms. The number of nitrogens with two attached hydrogens (primary N) is 1. The first kappa shape index (κ1) is 10.7. The number of pyridine rings is 1. The Kier molecular flexibility index (Phi) is 4.07. The summed E-state index contributed by atoms with van der Waals surface area (Å²) in [6, 6.07) is 5.65. The second-order valence-corrected chi connectivity index (χ2v) is 3.07. The maximum Gasteiger partial charge on any atom is 0.224 e. The van der Waals surface area contributed by atoms with Gasteiger partial charge in [-0.2, -0.15) is 0 Å². The van der Waals surface area contributed by atoms with Crippen molar-refractivity contribution in [3.8, 4) is 0 Å². The van der Waals surface area contributed by atoms with Crippen LogP contribution in [-0.2, 0) is 11.2 Å². The van der Waals surface area contributed by atoms with Crippen molar-refractivity contribution in [2.75, 3.05) is 13.6 Å². The van der Waals surface area contributed by atoms with Gasteiger partial charge >= 0.3 is 0 Å². The predicted molar refractivity (Wildman–Crippen MR) is 54.6 cm³/mol. The van der Waals surface area contributed by atoms with Gasteiger partial charge in [0.05, 0.1) is 5.92 Å². The third kappa shape index (κ3) is 2.81. The van der Waals surface area contributed by atoms with Crippen molar-refractivity contribution in [3.05, 3.63) is 30.1 Å².